The Kier molecular flexibility index (Phi) is 5.51. The van der Waals surface area contributed by atoms with Gasteiger partial charge in [-0.3, -0.25) is 4.79 Å². The molecule has 1 fully saturated rings. The highest BCUT2D eigenvalue weighted by Crippen LogP contribution is 2.15. The van der Waals surface area contributed by atoms with E-state index in [2.05, 4.69) is 5.32 Å². The third-order valence-corrected chi connectivity index (χ3v) is 3.04. The highest BCUT2D eigenvalue weighted by atomic mass is 35.5. The zero-order valence-corrected chi connectivity index (χ0v) is 10.8. The van der Waals surface area contributed by atoms with Gasteiger partial charge in [0.05, 0.1) is 12.8 Å². The van der Waals surface area contributed by atoms with Crippen molar-refractivity contribution >= 4 is 18.3 Å². The molecule has 0 radical (unpaired) electrons. The average Bonchev–Trinajstić information content (AvgIpc) is 2.82. The number of furan rings is 1. The summed E-state index contributed by atoms with van der Waals surface area (Å²) in [5.74, 6) is 1.25. The molecule has 0 bridgehead atoms. The van der Waals surface area contributed by atoms with Crippen molar-refractivity contribution in [3.8, 4) is 0 Å². The largest absolute Gasteiger partial charge is 0.467 e. The molecule has 96 valence electrons. The van der Waals surface area contributed by atoms with Crippen molar-refractivity contribution in [1.82, 2.24) is 10.2 Å². The highest BCUT2D eigenvalue weighted by Gasteiger charge is 2.24. The van der Waals surface area contributed by atoms with Gasteiger partial charge in [-0.15, -0.1) is 12.4 Å². The lowest BCUT2D eigenvalue weighted by Gasteiger charge is -2.26. The molecule has 1 N–H and O–H groups in total. The molecule has 0 aromatic carbocycles. The first kappa shape index (κ1) is 14.1. The number of carbonyl (C=O) groups excluding carboxylic acids is 1. The second-order valence-electron chi connectivity index (χ2n) is 4.30. The standard InChI is InChI=1S/C12H18N2O2.ClH/c1-14(9-11-3-2-8-16-11)12(15)10-4-6-13-7-5-10;/h2-3,8,10,13H,4-7,9H2,1H3;1H. The molecule has 1 amide bonds. The van der Waals surface area contributed by atoms with E-state index >= 15 is 0 Å². The van der Waals surface area contributed by atoms with Gasteiger partial charge in [-0.05, 0) is 38.1 Å². The Morgan fingerprint density at radius 3 is 2.82 bits per heavy atom. The van der Waals surface area contributed by atoms with Crippen LogP contribution < -0.4 is 5.32 Å². The van der Waals surface area contributed by atoms with Gasteiger partial charge < -0.3 is 14.6 Å². The van der Waals surface area contributed by atoms with Gasteiger partial charge in [-0.2, -0.15) is 0 Å². The van der Waals surface area contributed by atoms with Crippen molar-refractivity contribution in [2.45, 2.75) is 19.4 Å². The second-order valence-corrected chi connectivity index (χ2v) is 4.30. The Hall–Kier alpha value is -1.00. The fourth-order valence-corrected chi connectivity index (χ4v) is 2.09. The minimum atomic E-state index is 0. The number of rotatable bonds is 3. The summed E-state index contributed by atoms with van der Waals surface area (Å²) in [5.41, 5.74) is 0. The molecule has 1 saturated heterocycles. The summed E-state index contributed by atoms with van der Waals surface area (Å²) < 4.78 is 5.24. The summed E-state index contributed by atoms with van der Waals surface area (Å²) in [5, 5.41) is 3.26. The molecule has 1 aromatic rings. The van der Waals surface area contributed by atoms with Crippen LogP contribution in [0.25, 0.3) is 0 Å². The van der Waals surface area contributed by atoms with E-state index < -0.39 is 0 Å². The first-order valence-electron chi connectivity index (χ1n) is 5.75. The summed E-state index contributed by atoms with van der Waals surface area (Å²) in [4.78, 5) is 13.8. The van der Waals surface area contributed by atoms with Crippen LogP contribution in [0.15, 0.2) is 22.8 Å². The molecule has 0 aliphatic carbocycles. The van der Waals surface area contributed by atoms with E-state index in [1.165, 1.54) is 0 Å². The number of hydrogen-bond donors (Lipinski definition) is 1. The fraction of sp³-hybridized carbons (Fsp3) is 0.583. The van der Waals surface area contributed by atoms with E-state index in [0.29, 0.717) is 6.54 Å². The molecule has 5 heteroatoms. The second kappa shape index (κ2) is 6.67. The first-order valence-corrected chi connectivity index (χ1v) is 5.75. The van der Waals surface area contributed by atoms with Crippen LogP contribution in [-0.4, -0.2) is 30.9 Å². The number of piperidine rings is 1. The minimum absolute atomic E-state index is 0. The molecule has 1 aliphatic heterocycles. The molecule has 2 rings (SSSR count). The predicted octanol–water partition coefficient (Wildman–Crippen LogP) is 1.66. The molecule has 4 nitrogen and oxygen atoms in total. The van der Waals surface area contributed by atoms with Gasteiger partial charge in [0.15, 0.2) is 0 Å². The Labute approximate surface area is 108 Å². The normalized spacial score (nSPS) is 16.3. The van der Waals surface area contributed by atoms with Gasteiger partial charge in [0, 0.05) is 13.0 Å². The fourth-order valence-electron chi connectivity index (χ4n) is 2.09. The minimum Gasteiger partial charge on any atom is -0.467 e. The third-order valence-electron chi connectivity index (χ3n) is 3.04. The Morgan fingerprint density at radius 2 is 2.24 bits per heavy atom. The molecule has 0 spiro atoms. The maximum absolute atomic E-state index is 12.1. The smallest absolute Gasteiger partial charge is 0.225 e. The summed E-state index contributed by atoms with van der Waals surface area (Å²) in [6.07, 6.45) is 3.53. The summed E-state index contributed by atoms with van der Waals surface area (Å²) in [7, 11) is 1.84. The van der Waals surface area contributed by atoms with Gasteiger partial charge in [-0.25, -0.2) is 0 Å². The topological polar surface area (TPSA) is 45.5 Å². The molecule has 1 aliphatic rings. The SMILES string of the molecule is CN(Cc1ccco1)C(=O)C1CCNCC1.Cl. The zero-order chi connectivity index (χ0) is 11.4. The van der Waals surface area contributed by atoms with E-state index in [1.54, 1.807) is 11.2 Å². The van der Waals surface area contributed by atoms with E-state index in [9.17, 15) is 4.79 Å². The van der Waals surface area contributed by atoms with Gasteiger partial charge in [0.1, 0.15) is 5.76 Å². The Balaban J connectivity index is 0.00000144. The first-order chi connectivity index (χ1) is 7.77. The number of nitrogens with zero attached hydrogens (tertiary/aromatic N) is 1. The van der Waals surface area contributed by atoms with Crippen LogP contribution >= 0.6 is 12.4 Å². The molecule has 1 aromatic heterocycles. The molecule has 2 heterocycles. The summed E-state index contributed by atoms with van der Waals surface area (Å²) >= 11 is 0. The summed E-state index contributed by atoms with van der Waals surface area (Å²) in [6, 6.07) is 3.74. The van der Waals surface area contributed by atoms with E-state index in [-0.39, 0.29) is 24.2 Å². The van der Waals surface area contributed by atoms with Gasteiger partial charge >= 0.3 is 0 Å². The van der Waals surface area contributed by atoms with Crippen LogP contribution in [0.5, 0.6) is 0 Å². The van der Waals surface area contributed by atoms with E-state index in [0.717, 1.165) is 31.7 Å². The van der Waals surface area contributed by atoms with Gasteiger partial charge in [0.2, 0.25) is 5.91 Å². The number of hydrogen-bond acceptors (Lipinski definition) is 3. The average molecular weight is 259 g/mol. The van der Waals surface area contributed by atoms with Gasteiger partial charge in [0.25, 0.3) is 0 Å². The van der Waals surface area contributed by atoms with E-state index in [4.69, 9.17) is 4.42 Å². The van der Waals surface area contributed by atoms with Crippen LogP contribution in [0.3, 0.4) is 0 Å². The van der Waals surface area contributed by atoms with Crippen LogP contribution in [-0.2, 0) is 11.3 Å². The van der Waals surface area contributed by atoms with Crippen molar-refractivity contribution in [2.75, 3.05) is 20.1 Å². The lowest BCUT2D eigenvalue weighted by molar-refractivity contribution is -0.135. The van der Waals surface area contributed by atoms with Crippen LogP contribution in [0, 0.1) is 5.92 Å². The molecule has 0 atom stereocenters. The predicted molar refractivity (Wildman–Crippen MR) is 68.0 cm³/mol. The molecule has 17 heavy (non-hydrogen) atoms. The van der Waals surface area contributed by atoms with Crippen LogP contribution in [0.4, 0.5) is 0 Å². The van der Waals surface area contributed by atoms with Crippen molar-refractivity contribution in [2.24, 2.45) is 5.92 Å². The molecule has 0 saturated carbocycles. The lowest BCUT2D eigenvalue weighted by atomic mass is 9.97. The number of amides is 1. The van der Waals surface area contributed by atoms with Crippen molar-refractivity contribution < 1.29 is 9.21 Å². The number of nitrogens with one attached hydrogen (secondary N) is 1. The maximum Gasteiger partial charge on any atom is 0.225 e. The highest BCUT2D eigenvalue weighted by molar-refractivity contribution is 5.85. The lowest BCUT2D eigenvalue weighted by Crippen LogP contribution is -2.38. The van der Waals surface area contributed by atoms with Crippen molar-refractivity contribution in [1.29, 1.82) is 0 Å². The molecular formula is C12H19ClN2O2. The number of halogens is 1. The monoisotopic (exact) mass is 258 g/mol. The number of carbonyl (C=O) groups is 1. The Morgan fingerprint density at radius 1 is 1.53 bits per heavy atom. The van der Waals surface area contributed by atoms with Crippen LogP contribution in [0.2, 0.25) is 0 Å². The van der Waals surface area contributed by atoms with Crippen molar-refractivity contribution in [3.05, 3.63) is 24.2 Å². The van der Waals surface area contributed by atoms with Crippen molar-refractivity contribution in [3.63, 3.8) is 0 Å². The zero-order valence-electron chi connectivity index (χ0n) is 10.0. The van der Waals surface area contributed by atoms with E-state index in [1.807, 2.05) is 19.2 Å². The maximum atomic E-state index is 12.1. The molecule has 0 unspecified atom stereocenters. The molecular weight excluding hydrogens is 240 g/mol. The van der Waals surface area contributed by atoms with Crippen LogP contribution in [0.1, 0.15) is 18.6 Å². The quantitative estimate of drug-likeness (QED) is 0.897. The Bertz CT molecular complexity index is 334. The van der Waals surface area contributed by atoms with Gasteiger partial charge in [-0.1, -0.05) is 0 Å². The summed E-state index contributed by atoms with van der Waals surface area (Å²) in [6.45, 7) is 2.46. The third kappa shape index (κ3) is 3.75.